The average molecular weight is 290 g/mol. The van der Waals surface area contributed by atoms with Crippen LogP contribution in [0.4, 0.5) is 5.82 Å². The smallest absolute Gasteiger partial charge is 0.251 e. The Labute approximate surface area is 126 Å². The Hall–Kier alpha value is -1.62. The van der Waals surface area contributed by atoms with E-state index in [1.165, 1.54) is 12.8 Å². The van der Waals surface area contributed by atoms with E-state index in [2.05, 4.69) is 36.5 Å². The minimum absolute atomic E-state index is 0.0434. The van der Waals surface area contributed by atoms with E-state index >= 15 is 0 Å². The Morgan fingerprint density at radius 2 is 2.14 bits per heavy atom. The fraction of sp³-hybridized carbons (Fsp3) is 0.625. The number of nitrogens with one attached hydrogen (secondary N) is 2. The second-order valence-electron chi connectivity index (χ2n) is 6.33. The van der Waals surface area contributed by atoms with Crippen molar-refractivity contribution >= 4 is 11.7 Å². The van der Waals surface area contributed by atoms with Crippen molar-refractivity contribution in [3.05, 3.63) is 23.4 Å². The lowest BCUT2D eigenvalue weighted by atomic mass is 9.92. The molecule has 0 spiro atoms. The molecule has 0 saturated heterocycles. The topological polar surface area (TPSA) is 80.0 Å². The van der Waals surface area contributed by atoms with E-state index in [1.807, 2.05) is 6.07 Å². The third-order valence-corrected chi connectivity index (χ3v) is 4.51. The second kappa shape index (κ2) is 6.43. The third kappa shape index (κ3) is 3.73. The number of hydrogen-bond acceptors (Lipinski definition) is 4. The molecule has 0 radical (unpaired) electrons. The number of nitrogens with two attached hydrogens (primary N) is 1. The summed E-state index contributed by atoms with van der Waals surface area (Å²) in [6.07, 6.45) is 4.24. The summed E-state index contributed by atoms with van der Waals surface area (Å²) in [6.45, 7) is 7.28. The van der Waals surface area contributed by atoms with Crippen molar-refractivity contribution < 1.29 is 4.79 Å². The van der Waals surface area contributed by atoms with Gasteiger partial charge in [0.15, 0.2) is 0 Å². The van der Waals surface area contributed by atoms with E-state index in [9.17, 15) is 4.79 Å². The molecule has 2 rings (SSSR count). The van der Waals surface area contributed by atoms with Crippen LogP contribution in [0.15, 0.2) is 12.1 Å². The van der Waals surface area contributed by atoms with Crippen LogP contribution < -0.4 is 16.6 Å². The number of aryl methyl sites for hydroxylation is 1. The number of anilines is 1. The Balaban J connectivity index is 2.06. The summed E-state index contributed by atoms with van der Waals surface area (Å²) in [6, 6.07) is 3.55. The van der Waals surface area contributed by atoms with Crippen molar-refractivity contribution in [2.75, 3.05) is 12.0 Å². The number of carbonyl (C=O) groups is 1. The maximum Gasteiger partial charge on any atom is 0.251 e. The SMILES string of the molecule is CCCc1cc(C(=O)NCC2(C(C)C)CC2)cc(NN)n1. The lowest BCUT2D eigenvalue weighted by molar-refractivity contribution is 0.0939. The zero-order chi connectivity index (χ0) is 15.5. The van der Waals surface area contributed by atoms with Gasteiger partial charge in [0.2, 0.25) is 0 Å². The van der Waals surface area contributed by atoms with Gasteiger partial charge in [0, 0.05) is 17.8 Å². The van der Waals surface area contributed by atoms with Crippen LogP contribution in [0, 0.1) is 11.3 Å². The number of aromatic nitrogens is 1. The minimum Gasteiger partial charge on any atom is -0.351 e. The molecule has 1 aliphatic rings. The summed E-state index contributed by atoms with van der Waals surface area (Å²) in [7, 11) is 0. The molecular formula is C16H26N4O. The molecule has 4 N–H and O–H groups in total. The van der Waals surface area contributed by atoms with Crippen LogP contribution in [0.25, 0.3) is 0 Å². The van der Waals surface area contributed by atoms with Crippen LogP contribution in [0.2, 0.25) is 0 Å². The van der Waals surface area contributed by atoms with Crippen molar-refractivity contribution in [2.24, 2.45) is 17.2 Å². The summed E-state index contributed by atoms with van der Waals surface area (Å²) >= 11 is 0. The van der Waals surface area contributed by atoms with E-state index in [4.69, 9.17) is 5.84 Å². The molecule has 5 nitrogen and oxygen atoms in total. The molecule has 1 amide bonds. The first-order chi connectivity index (χ1) is 10.0. The van der Waals surface area contributed by atoms with Gasteiger partial charge in [0.05, 0.1) is 0 Å². The van der Waals surface area contributed by atoms with E-state index in [0.717, 1.165) is 25.1 Å². The molecule has 0 aliphatic heterocycles. The largest absolute Gasteiger partial charge is 0.351 e. The van der Waals surface area contributed by atoms with Gasteiger partial charge in [0.1, 0.15) is 5.82 Å². The summed E-state index contributed by atoms with van der Waals surface area (Å²) in [4.78, 5) is 16.7. The highest BCUT2D eigenvalue weighted by Crippen LogP contribution is 2.51. The van der Waals surface area contributed by atoms with Crippen molar-refractivity contribution in [1.82, 2.24) is 10.3 Å². The second-order valence-corrected chi connectivity index (χ2v) is 6.33. The molecule has 21 heavy (non-hydrogen) atoms. The molecule has 116 valence electrons. The van der Waals surface area contributed by atoms with E-state index in [0.29, 0.717) is 22.7 Å². The van der Waals surface area contributed by atoms with Crippen LogP contribution in [0.3, 0.4) is 0 Å². The summed E-state index contributed by atoms with van der Waals surface area (Å²) < 4.78 is 0. The maximum absolute atomic E-state index is 12.4. The number of amides is 1. The Morgan fingerprint density at radius 3 is 2.67 bits per heavy atom. The molecule has 0 atom stereocenters. The number of hydrogen-bond donors (Lipinski definition) is 3. The molecule has 1 aromatic rings. The van der Waals surface area contributed by atoms with Crippen LogP contribution in [0.5, 0.6) is 0 Å². The van der Waals surface area contributed by atoms with Gasteiger partial charge in [-0.25, -0.2) is 10.8 Å². The Morgan fingerprint density at radius 1 is 1.43 bits per heavy atom. The Kier molecular flexibility index (Phi) is 4.83. The van der Waals surface area contributed by atoms with E-state index < -0.39 is 0 Å². The number of nitrogens with zero attached hydrogens (tertiary/aromatic N) is 1. The molecule has 1 heterocycles. The molecule has 1 fully saturated rings. The predicted octanol–water partition coefficient (Wildman–Crippen LogP) is 2.49. The Bertz CT molecular complexity index is 509. The number of hydrazine groups is 1. The normalized spacial score (nSPS) is 15.9. The monoisotopic (exact) mass is 290 g/mol. The van der Waals surface area contributed by atoms with Crippen molar-refractivity contribution in [2.45, 2.75) is 46.5 Å². The average Bonchev–Trinajstić information content (AvgIpc) is 3.26. The zero-order valence-electron chi connectivity index (χ0n) is 13.2. The van der Waals surface area contributed by atoms with Gasteiger partial charge in [-0.2, -0.15) is 0 Å². The first kappa shape index (κ1) is 15.8. The number of nitrogen functional groups attached to an aromatic ring is 1. The van der Waals surface area contributed by atoms with Crippen molar-refractivity contribution in [3.8, 4) is 0 Å². The van der Waals surface area contributed by atoms with Gasteiger partial charge in [0.25, 0.3) is 5.91 Å². The number of carbonyl (C=O) groups excluding carboxylic acids is 1. The lowest BCUT2D eigenvalue weighted by Crippen LogP contribution is -2.32. The summed E-state index contributed by atoms with van der Waals surface area (Å²) in [5, 5.41) is 3.07. The molecule has 1 saturated carbocycles. The van der Waals surface area contributed by atoms with Gasteiger partial charge < -0.3 is 10.7 Å². The standard InChI is InChI=1S/C16H26N4O/c1-4-5-13-8-12(9-14(19-13)20-17)15(21)18-10-16(6-7-16)11(2)3/h8-9,11H,4-7,10,17H2,1-3H3,(H,18,21)(H,19,20). The highest BCUT2D eigenvalue weighted by molar-refractivity contribution is 5.95. The van der Waals surface area contributed by atoms with E-state index in [-0.39, 0.29) is 5.91 Å². The maximum atomic E-state index is 12.4. The molecule has 0 bridgehead atoms. The van der Waals surface area contributed by atoms with Gasteiger partial charge in [-0.05, 0) is 42.7 Å². The highest BCUT2D eigenvalue weighted by Gasteiger charge is 2.45. The van der Waals surface area contributed by atoms with Crippen LogP contribution in [-0.2, 0) is 6.42 Å². The molecule has 0 aromatic carbocycles. The van der Waals surface area contributed by atoms with Crippen molar-refractivity contribution in [1.29, 1.82) is 0 Å². The molecular weight excluding hydrogens is 264 g/mol. The molecule has 5 heteroatoms. The predicted molar refractivity (Wildman–Crippen MR) is 84.9 cm³/mol. The summed E-state index contributed by atoms with van der Waals surface area (Å²) in [5.41, 5.74) is 4.36. The summed E-state index contributed by atoms with van der Waals surface area (Å²) in [5.74, 6) is 6.53. The van der Waals surface area contributed by atoms with E-state index in [1.54, 1.807) is 6.07 Å². The van der Waals surface area contributed by atoms with Gasteiger partial charge in [-0.15, -0.1) is 0 Å². The number of rotatable bonds is 7. The first-order valence-corrected chi connectivity index (χ1v) is 7.76. The van der Waals surface area contributed by atoms with Crippen LogP contribution in [0.1, 0.15) is 56.1 Å². The van der Waals surface area contributed by atoms with Gasteiger partial charge >= 0.3 is 0 Å². The van der Waals surface area contributed by atoms with Gasteiger partial charge in [-0.3, -0.25) is 4.79 Å². The van der Waals surface area contributed by atoms with Crippen LogP contribution in [-0.4, -0.2) is 17.4 Å². The highest BCUT2D eigenvalue weighted by atomic mass is 16.1. The fourth-order valence-electron chi connectivity index (χ4n) is 2.65. The molecule has 1 aliphatic carbocycles. The molecule has 1 aromatic heterocycles. The quantitative estimate of drug-likeness (QED) is 0.532. The number of pyridine rings is 1. The third-order valence-electron chi connectivity index (χ3n) is 4.51. The fourth-order valence-corrected chi connectivity index (χ4v) is 2.65. The van der Waals surface area contributed by atoms with Gasteiger partial charge in [-0.1, -0.05) is 27.2 Å². The van der Waals surface area contributed by atoms with Crippen LogP contribution >= 0.6 is 0 Å². The lowest BCUT2D eigenvalue weighted by Gasteiger charge is -2.20. The molecule has 0 unspecified atom stereocenters. The first-order valence-electron chi connectivity index (χ1n) is 7.76. The zero-order valence-corrected chi connectivity index (χ0v) is 13.2. The van der Waals surface area contributed by atoms with Crippen molar-refractivity contribution in [3.63, 3.8) is 0 Å². The minimum atomic E-state index is -0.0434.